The summed E-state index contributed by atoms with van der Waals surface area (Å²) in [5.74, 6) is 0. The standard InChI is InChI=1S/C18H21ClN2/c1-2-16-13-21(17-10-6-9-15(19)11-17)18(12-20-16)14-7-4-3-5-8-14/h3-11,16,18,20H,2,12-13H2,1H3. The Morgan fingerprint density at radius 2 is 1.95 bits per heavy atom. The molecule has 0 radical (unpaired) electrons. The third-order valence-electron chi connectivity index (χ3n) is 4.21. The lowest BCUT2D eigenvalue weighted by Gasteiger charge is -2.42. The van der Waals surface area contributed by atoms with E-state index >= 15 is 0 Å². The van der Waals surface area contributed by atoms with Gasteiger partial charge in [0.25, 0.3) is 0 Å². The molecule has 0 amide bonds. The van der Waals surface area contributed by atoms with Crippen LogP contribution in [0.2, 0.25) is 5.02 Å². The van der Waals surface area contributed by atoms with Crippen LogP contribution in [0.1, 0.15) is 24.9 Å². The van der Waals surface area contributed by atoms with Crippen molar-refractivity contribution < 1.29 is 0 Å². The second-order valence-electron chi connectivity index (χ2n) is 5.57. The predicted octanol–water partition coefficient (Wildman–Crippen LogP) is 4.27. The van der Waals surface area contributed by atoms with E-state index in [4.69, 9.17) is 11.6 Å². The Hall–Kier alpha value is -1.51. The summed E-state index contributed by atoms with van der Waals surface area (Å²) >= 11 is 6.19. The number of nitrogens with zero attached hydrogens (tertiary/aromatic N) is 1. The molecule has 1 aliphatic rings. The van der Waals surface area contributed by atoms with Gasteiger partial charge in [-0.05, 0) is 30.2 Å². The van der Waals surface area contributed by atoms with Gasteiger partial charge in [0, 0.05) is 29.8 Å². The summed E-state index contributed by atoms with van der Waals surface area (Å²) in [7, 11) is 0. The molecule has 2 nitrogen and oxygen atoms in total. The number of benzene rings is 2. The van der Waals surface area contributed by atoms with Gasteiger partial charge in [0.15, 0.2) is 0 Å². The van der Waals surface area contributed by atoms with Gasteiger partial charge in [0.1, 0.15) is 0 Å². The van der Waals surface area contributed by atoms with Crippen LogP contribution in [0.3, 0.4) is 0 Å². The molecule has 1 N–H and O–H groups in total. The molecule has 21 heavy (non-hydrogen) atoms. The first-order valence-electron chi connectivity index (χ1n) is 7.58. The maximum atomic E-state index is 6.19. The van der Waals surface area contributed by atoms with Gasteiger partial charge in [-0.1, -0.05) is 54.9 Å². The molecule has 0 aromatic heterocycles. The fourth-order valence-electron chi connectivity index (χ4n) is 3.00. The summed E-state index contributed by atoms with van der Waals surface area (Å²) in [5.41, 5.74) is 2.55. The van der Waals surface area contributed by atoms with Crippen LogP contribution in [0.5, 0.6) is 0 Å². The molecule has 1 fully saturated rings. The molecule has 0 spiro atoms. The van der Waals surface area contributed by atoms with Crippen LogP contribution in [0.15, 0.2) is 54.6 Å². The molecular formula is C18H21ClN2. The minimum Gasteiger partial charge on any atom is -0.362 e. The zero-order valence-electron chi connectivity index (χ0n) is 12.3. The molecule has 2 aromatic rings. The van der Waals surface area contributed by atoms with Gasteiger partial charge in [-0.15, -0.1) is 0 Å². The Bertz CT molecular complexity index is 585. The largest absolute Gasteiger partial charge is 0.362 e. The van der Waals surface area contributed by atoms with Crippen molar-refractivity contribution in [1.29, 1.82) is 0 Å². The normalized spacial score (nSPS) is 22.3. The first-order chi connectivity index (χ1) is 10.3. The molecule has 1 heterocycles. The van der Waals surface area contributed by atoms with Gasteiger partial charge in [-0.3, -0.25) is 0 Å². The van der Waals surface area contributed by atoms with E-state index in [1.807, 2.05) is 12.1 Å². The second-order valence-corrected chi connectivity index (χ2v) is 6.01. The van der Waals surface area contributed by atoms with Gasteiger partial charge in [0.2, 0.25) is 0 Å². The molecule has 3 rings (SSSR count). The van der Waals surface area contributed by atoms with Crippen molar-refractivity contribution in [1.82, 2.24) is 5.32 Å². The van der Waals surface area contributed by atoms with Gasteiger partial charge in [-0.2, -0.15) is 0 Å². The lowest BCUT2D eigenvalue weighted by molar-refractivity contribution is 0.390. The highest BCUT2D eigenvalue weighted by atomic mass is 35.5. The quantitative estimate of drug-likeness (QED) is 0.910. The number of halogens is 1. The van der Waals surface area contributed by atoms with Gasteiger partial charge in [-0.25, -0.2) is 0 Å². The zero-order chi connectivity index (χ0) is 14.7. The number of hydrogen-bond donors (Lipinski definition) is 1. The fourth-order valence-corrected chi connectivity index (χ4v) is 3.19. The Morgan fingerprint density at radius 1 is 1.14 bits per heavy atom. The molecule has 1 saturated heterocycles. The zero-order valence-corrected chi connectivity index (χ0v) is 13.1. The van der Waals surface area contributed by atoms with Crippen LogP contribution in [0.4, 0.5) is 5.69 Å². The summed E-state index contributed by atoms with van der Waals surface area (Å²) in [4.78, 5) is 2.48. The van der Waals surface area contributed by atoms with E-state index in [1.165, 1.54) is 11.3 Å². The van der Waals surface area contributed by atoms with Crippen LogP contribution in [-0.2, 0) is 0 Å². The van der Waals surface area contributed by atoms with Crippen LogP contribution in [0, 0.1) is 0 Å². The highest BCUT2D eigenvalue weighted by Gasteiger charge is 2.28. The van der Waals surface area contributed by atoms with Crippen LogP contribution in [-0.4, -0.2) is 19.1 Å². The summed E-state index contributed by atoms with van der Waals surface area (Å²) in [6.07, 6.45) is 1.14. The van der Waals surface area contributed by atoms with E-state index in [1.54, 1.807) is 0 Å². The number of anilines is 1. The Balaban J connectivity index is 1.94. The molecular weight excluding hydrogens is 280 g/mol. The lowest BCUT2D eigenvalue weighted by atomic mass is 9.99. The third-order valence-corrected chi connectivity index (χ3v) is 4.45. The number of nitrogens with one attached hydrogen (secondary N) is 1. The summed E-state index contributed by atoms with van der Waals surface area (Å²) in [5, 5.41) is 4.45. The van der Waals surface area contributed by atoms with Gasteiger partial charge < -0.3 is 10.2 Å². The van der Waals surface area contributed by atoms with Crippen LogP contribution >= 0.6 is 11.6 Å². The van der Waals surface area contributed by atoms with E-state index in [-0.39, 0.29) is 0 Å². The third kappa shape index (κ3) is 3.22. The Morgan fingerprint density at radius 3 is 2.67 bits per heavy atom. The molecule has 1 aliphatic heterocycles. The summed E-state index contributed by atoms with van der Waals surface area (Å²) in [6.45, 7) is 4.21. The van der Waals surface area contributed by atoms with E-state index in [0.717, 1.165) is 24.5 Å². The number of piperazine rings is 1. The molecule has 110 valence electrons. The SMILES string of the molecule is CCC1CN(c2cccc(Cl)c2)C(c2ccccc2)CN1. The van der Waals surface area contributed by atoms with Crippen molar-refractivity contribution in [3.8, 4) is 0 Å². The van der Waals surface area contributed by atoms with Crippen molar-refractivity contribution in [2.24, 2.45) is 0 Å². The fraction of sp³-hybridized carbons (Fsp3) is 0.333. The monoisotopic (exact) mass is 300 g/mol. The number of hydrogen-bond acceptors (Lipinski definition) is 2. The average Bonchev–Trinajstić information content (AvgIpc) is 2.55. The maximum absolute atomic E-state index is 6.19. The first-order valence-corrected chi connectivity index (χ1v) is 7.96. The minimum atomic E-state index is 0.354. The van der Waals surface area contributed by atoms with Crippen molar-refractivity contribution in [2.75, 3.05) is 18.0 Å². The van der Waals surface area contributed by atoms with Gasteiger partial charge in [0.05, 0.1) is 6.04 Å². The molecule has 0 aliphatic carbocycles. The number of rotatable bonds is 3. The molecule has 2 unspecified atom stereocenters. The Kier molecular flexibility index (Phi) is 4.47. The molecule has 2 atom stereocenters. The van der Waals surface area contributed by atoms with E-state index in [0.29, 0.717) is 12.1 Å². The highest BCUT2D eigenvalue weighted by molar-refractivity contribution is 6.30. The topological polar surface area (TPSA) is 15.3 Å². The van der Waals surface area contributed by atoms with Crippen molar-refractivity contribution in [2.45, 2.75) is 25.4 Å². The summed E-state index contributed by atoms with van der Waals surface area (Å²) in [6, 6.07) is 19.8. The van der Waals surface area contributed by atoms with Crippen molar-refractivity contribution in [3.63, 3.8) is 0 Å². The average molecular weight is 301 g/mol. The van der Waals surface area contributed by atoms with E-state index in [9.17, 15) is 0 Å². The first kappa shape index (κ1) is 14.4. The van der Waals surface area contributed by atoms with Gasteiger partial charge >= 0.3 is 0 Å². The lowest BCUT2D eigenvalue weighted by Crippen LogP contribution is -2.52. The predicted molar refractivity (Wildman–Crippen MR) is 90.1 cm³/mol. The molecule has 2 aromatic carbocycles. The van der Waals surface area contributed by atoms with Crippen LogP contribution in [0.25, 0.3) is 0 Å². The summed E-state index contributed by atoms with van der Waals surface area (Å²) < 4.78 is 0. The molecule has 0 bridgehead atoms. The minimum absolute atomic E-state index is 0.354. The molecule has 3 heteroatoms. The maximum Gasteiger partial charge on any atom is 0.0667 e. The molecule has 0 saturated carbocycles. The smallest absolute Gasteiger partial charge is 0.0667 e. The Labute approximate surface area is 131 Å². The highest BCUT2D eigenvalue weighted by Crippen LogP contribution is 2.31. The van der Waals surface area contributed by atoms with Crippen LogP contribution < -0.4 is 10.2 Å². The van der Waals surface area contributed by atoms with Crippen molar-refractivity contribution >= 4 is 17.3 Å². The van der Waals surface area contributed by atoms with E-state index in [2.05, 4.69) is 59.6 Å². The van der Waals surface area contributed by atoms with Crippen molar-refractivity contribution in [3.05, 3.63) is 65.2 Å². The second kappa shape index (κ2) is 6.50. The van der Waals surface area contributed by atoms with E-state index < -0.39 is 0 Å².